The molecule has 0 aliphatic heterocycles. The fraction of sp³-hybridized carbons (Fsp3) is 0. The van der Waals surface area contributed by atoms with Crippen LogP contribution in [0.25, 0.3) is 104 Å². The third kappa shape index (κ3) is 5.56. The van der Waals surface area contributed by atoms with Crippen LogP contribution in [0.15, 0.2) is 194 Å². The van der Waals surface area contributed by atoms with Gasteiger partial charge in [-0.1, -0.05) is 152 Å². The number of thiophene rings is 1. The van der Waals surface area contributed by atoms with Gasteiger partial charge in [0.05, 0.1) is 11.0 Å². The first-order chi connectivity index (χ1) is 27.7. The molecule has 0 fully saturated rings. The highest BCUT2D eigenvalue weighted by atomic mass is 32.1. The molecule has 3 aromatic heterocycles. The summed E-state index contributed by atoms with van der Waals surface area (Å²) in [5.41, 5.74) is 11.0. The lowest BCUT2D eigenvalue weighted by Gasteiger charge is -2.11. The van der Waals surface area contributed by atoms with E-state index in [1.54, 1.807) is 11.3 Å². The van der Waals surface area contributed by atoms with Crippen molar-refractivity contribution in [3.63, 3.8) is 0 Å². The summed E-state index contributed by atoms with van der Waals surface area (Å²) in [5.74, 6) is 1.96. The summed E-state index contributed by atoms with van der Waals surface area (Å²) in [4.78, 5) is 15.1. The Kier molecular flexibility index (Phi) is 7.64. The summed E-state index contributed by atoms with van der Waals surface area (Å²) in [5, 5.41) is 5.01. The zero-order chi connectivity index (χ0) is 37.0. The fourth-order valence-electron chi connectivity index (χ4n) is 7.91. The normalized spacial score (nSPS) is 11.6. The first kappa shape index (κ1) is 32.2. The maximum atomic E-state index is 5.07. The number of hydrogen-bond acceptors (Lipinski definition) is 4. The van der Waals surface area contributed by atoms with Gasteiger partial charge in [0.25, 0.3) is 0 Å². The van der Waals surface area contributed by atoms with Gasteiger partial charge < -0.3 is 4.57 Å². The molecule has 0 saturated carbocycles. The average molecular weight is 733 g/mol. The molecule has 0 atom stereocenters. The summed E-state index contributed by atoms with van der Waals surface area (Å²) in [6.45, 7) is 0. The van der Waals surface area contributed by atoms with Crippen molar-refractivity contribution in [1.29, 1.82) is 0 Å². The van der Waals surface area contributed by atoms with E-state index in [1.165, 1.54) is 53.1 Å². The molecule has 11 rings (SSSR count). The predicted octanol–water partition coefficient (Wildman–Crippen LogP) is 13.7. The Morgan fingerprint density at radius 2 is 0.821 bits per heavy atom. The number of fused-ring (bicyclic) bond motifs is 6. The molecule has 8 aromatic carbocycles. The first-order valence-corrected chi connectivity index (χ1v) is 19.6. The van der Waals surface area contributed by atoms with Gasteiger partial charge in [-0.05, 0) is 64.7 Å². The Bertz CT molecular complexity index is 3240. The van der Waals surface area contributed by atoms with Gasteiger partial charge in [-0.15, -0.1) is 11.3 Å². The van der Waals surface area contributed by atoms with Crippen molar-refractivity contribution >= 4 is 53.3 Å². The standard InChI is InChI=1S/C51H32N4S/c1-3-12-33(13-4-1)38-27-29-46-44(31-38)41-18-7-9-20-45(41)55(46)40-17-11-16-37(30-40)34-22-24-36(25-23-34)50-52-49(35-14-5-2-6-15-35)53-51(54-50)39-26-28-43-42-19-8-10-21-47(42)56-48(43)32-39/h1-32H. The van der Waals surface area contributed by atoms with E-state index in [1.807, 2.05) is 30.3 Å². The molecule has 5 heteroatoms. The average Bonchev–Trinajstić information content (AvgIpc) is 3.82. The van der Waals surface area contributed by atoms with Crippen LogP contribution in [0, 0.1) is 0 Å². The van der Waals surface area contributed by atoms with E-state index in [2.05, 4.69) is 168 Å². The summed E-state index contributed by atoms with van der Waals surface area (Å²) in [7, 11) is 0. The predicted molar refractivity (Wildman–Crippen MR) is 234 cm³/mol. The molecule has 262 valence electrons. The second-order valence-corrected chi connectivity index (χ2v) is 15.1. The van der Waals surface area contributed by atoms with Gasteiger partial charge in [0, 0.05) is 53.3 Å². The highest BCUT2D eigenvalue weighted by molar-refractivity contribution is 7.25. The van der Waals surface area contributed by atoms with E-state index in [9.17, 15) is 0 Å². The lowest BCUT2D eigenvalue weighted by Crippen LogP contribution is -2.00. The van der Waals surface area contributed by atoms with Crippen molar-refractivity contribution in [2.45, 2.75) is 0 Å². The Hall–Kier alpha value is -7.21. The van der Waals surface area contributed by atoms with Crippen molar-refractivity contribution in [3.05, 3.63) is 194 Å². The highest BCUT2D eigenvalue weighted by Crippen LogP contribution is 2.38. The summed E-state index contributed by atoms with van der Waals surface area (Å²) < 4.78 is 4.88. The molecule has 0 saturated heterocycles. The molecule has 0 aliphatic carbocycles. The SMILES string of the molecule is c1ccc(-c2ccc3c(c2)c2ccccc2n3-c2cccc(-c3ccc(-c4nc(-c5ccccc5)nc(-c5ccc6c(c5)sc5ccccc56)n4)cc3)c2)cc1. The molecule has 0 radical (unpaired) electrons. The van der Waals surface area contributed by atoms with Gasteiger partial charge in [0.1, 0.15) is 0 Å². The molecule has 0 aliphatic rings. The van der Waals surface area contributed by atoms with Crippen LogP contribution < -0.4 is 0 Å². The molecule has 4 nitrogen and oxygen atoms in total. The maximum absolute atomic E-state index is 5.07. The van der Waals surface area contributed by atoms with Gasteiger partial charge in [-0.3, -0.25) is 0 Å². The maximum Gasteiger partial charge on any atom is 0.164 e. The van der Waals surface area contributed by atoms with Crippen molar-refractivity contribution in [2.24, 2.45) is 0 Å². The van der Waals surface area contributed by atoms with Crippen molar-refractivity contribution in [3.8, 4) is 62.1 Å². The van der Waals surface area contributed by atoms with E-state index in [0.717, 1.165) is 33.5 Å². The lowest BCUT2D eigenvalue weighted by atomic mass is 10.0. The van der Waals surface area contributed by atoms with Gasteiger partial charge in [0.2, 0.25) is 0 Å². The molecule has 0 amide bonds. The van der Waals surface area contributed by atoms with Crippen LogP contribution in [-0.4, -0.2) is 19.5 Å². The molecule has 3 heterocycles. The molecule has 56 heavy (non-hydrogen) atoms. The van der Waals surface area contributed by atoms with E-state index < -0.39 is 0 Å². The minimum Gasteiger partial charge on any atom is -0.309 e. The van der Waals surface area contributed by atoms with E-state index in [4.69, 9.17) is 15.0 Å². The molecular formula is C51H32N4S. The number of nitrogens with zero attached hydrogens (tertiary/aromatic N) is 4. The van der Waals surface area contributed by atoms with E-state index in [0.29, 0.717) is 17.5 Å². The van der Waals surface area contributed by atoms with Crippen LogP contribution in [0.1, 0.15) is 0 Å². The fourth-order valence-corrected chi connectivity index (χ4v) is 9.06. The zero-order valence-electron chi connectivity index (χ0n) is 30.2. The van der Waals surface area contributed by atoms with Crippen LogP contribution >= 0.6 is 11.3 Å². The Morgan fingerprint density at radius 1 is 0.304 bits per heavy atom. The first-order valence-electron chi connectivity index (χ1n) is 18.8. The van der Waals surface area contributed by atoms with Crippen molar-refractivity contribution < 1.29 is 0 Å². The Labute approximate surface area is 327 Å². The minimum atomic E-state index is 0.644. The highest BCUT2D eigenvalue weighted by Gasteiger charge is 2.16. The van der Waals surface area contributed by atoms with Crippen LogP contribution in [0.2, 0.25) is 0 Å². The monoisotopic (exact) mass is 732 g/mol. The minimum absolute atomic E-state index is 0.644. The number of para-hydroxylation sites is 1. The Morgan fingerprint density at radius 3 is 1.61 bits per heavy atom. The number of hydrogen-bond donors (Lipinski definition) is 0. The molecule has 0 N–H and O–H groups in total. The van der Waals surface area contributed by atoms with Gasteiger partial charge in [0.15, 0.2) is 17.5 Å². The topological polar surface area (TPSA) is 43.6 Å². The molecule has 0 unspecified atom stereocenters. The second-order valence-electron chi connectivity index (χ2n) is 14.1. The second kappa shape index (κ2) is 13.3. The smallest absolute Gasteiger partial charge is 0.164 e. The quantitative estimate of drug-likeness (QED) is 0.171. The third-order valence-corrected chi connectivity index (χ3v) is 11.8. The zero-order valence-corrected chi connectivity index (χ0v) is 31.0. The number of aromatic nitrogens is 4. The van der Waals surface area contributed by atoms with Crippen LogP contribution in [-0.2, 0) is 0 Å². The number of benzene rings is 8. The Balaban J connectivity index is 0.974. The van der Waals surface area contributed by atoms with Crippen LogP contribution in [0.5, 0.6) is 0 Å². The molecular weight excluding hydrogens is 701 g/mol. The third-order valence-electron chi connectivity index (χ3n) is 10.7. The van der Waals surface area contributed by atoms with Crippen molar-refractivity contribution in [2.75, 3.05) is 0 Å². The molecule has 0 bridgehead atoms. The van der Waals surface area contributed by atoms with Gasteiger partial charge in [-0.25, -0.2) is 15.0 Å². The molecule has 11 aromatic rings. The number of rotatable bonds is 6. The summed E-state index contributed by atoms with van der Waals surface area (Å²) in [6.07, 6.45) is 0. The van der Waals surface area contributed by atoms with E-state index in [-0.39, 0.29) is 0 Å². The van der Waals surface area contributed by atoms with Gasteiger partial charge >= 0.3 is 0 Å². The van der Waals surface area contributed by atoms with Crippen LogP contribution in [0.3, 0.4) is 0 Å². The largest absolute Gasteiger partial charge is 0.309 e. The van der Waals surface area contributed by atoms with Crippen LogP contribution in [0.4, 0.5) is 0 Å². The van der Waals surface area contributed by atoms with E-state index >= 15 is 0 Å². The van der Waals surface area contributed by atoms with Gasteiger partial charge in [-0.2, -0.15) is 0 Å². The van der Waals surface area contributed by atoms with Crippen molar-refractivity contribution in [1.82, 2.24) is 19.5 Å². The summed E-state index contributed by atoms with van der Waals surface area (Å²) >= 11 is 1.80. The lowest BCUT2D eigenvalue weighted by molar-refractivity contribution is 1.07. The summed E-state index contributed by atoms with van der Waals surface area (Å²) in [6, 6.07) is 68.7. The molecule has 0 spiro atoms.